The summed E-state index contributed by atoms with van der Waals surface area (Å²) in [7, 11) is 3.28. The number of benzene rings is 2. The van der Waals surface area contributed by atoms with Crippen LogP contribution in [-0.2, 0) is 17.9 Å². The highest BCUT2D eigenvalue weighted by molar-refractivity contribution is 6.30. The van der Waals surface area contributed by atoms with Crippen molar-refractivity contribution in [3.63, 3.8) is 0 Å². The van der Waals surface area contributed by atoms with Crippen LogP contribution in [0.5, 0.6) is 11.5 Å². The van der Waals surface area contributed by atoms with Crippen molar-refractivity contribution in [2.75, 3.05) is 14.2 Å². The number of ether oxygens (including phenoxy) is 2. The van der Waals surface area contributed by atoms with Gasteiger partial charge in [-0.2, -0.15) is 0 Å². The molecule has 1 heterocycles. The zero-order chi connectivity index (χ0) is 21.1. The lowest BCUT2D eigenvalue weighted by Crippen LogP contribution is -2.38. The second-order valence-corrected chi connectivity index (χ2v) is 8.03. The van der Waals surface area contributed by atoms with E-state index in [0.717, 1.165) is 52.8 Å². The van der Waals surface area contributed by atoms with Gasteiger partial charge in [0, 0.05) is 30.0 Å². The van der Waals surface area contributed by atoms with Crippen LogP contribution in [0.1, 0.15) is 30.4 Å². The van der Waals surface area contributed by atoms with E-state index in [-0.39, 0.29) is 11.8 Å². The maximum Gasteiger partial charge on any atom is 0.226 e. The number of carbonyl (C=O) groups is 1. The molecule has 0 spiro atoms. The molecule has 156 valence electrons. The predicted octanol–water partition coefficient (Wildman–Crippen LogP) is 5.23. The summed E-state index contributed by atoms with van der Waals surface area (Å²) in [5.74, 6) is 1.85. The lowest BCUT2D eigenvalue weighted by Gasteiger charge is -2.32. The number of hydrogen-bond donors (Lipinski definition) is 0. The van der Waals surface area contributed by atoms with E-state index in [1.807, 2.05) is 53.4 Å². The fourth-order valence-electron chi connectivity index (χ4n) is 3.69. The normalized spacial score (nSPS) is 13.7. The number of nitrogens with zero attached hydrogens (tertiary/aromatic N) is 2. The van der Waals surface area contributed by atoms with Gasteiger partial charge in [0.2, 0.25) is 5.91 Å². The van der Waals surface area contributed by atoms with Crippen LogP contribution in [0.3, 0.4) is 0 Å². The van der Waals surface area contributed by atoms with E-state index in [4.69, 9.17) is 21.1 Å². The molecule has 0 radical (unpaired) electrons. The third-order valence-corrected chi connectivity index (χ3v) is 6.04. The summed E-state index contributed by atoms with van der Waals surface area (Å²) >= 11 is 6.50. The van der Waals surface area contributed by atoms with Gasteiger partial charge in [-0.1, -0.05) is 30.2 Å². The van der Waals surface area contributed by atoms with Crippen molar-refractivity contribution < 1.29 is 14.3 Å². The molecule has 30 heavy (non-hydrogen) atoms. The van der Waals surface area contributed by atoms with Crippen LogP contribution in [0, 0.1) is 5.92 Å². The summed E-state index contributed by atoms with van der Waals surface area (Å²) in [6.45, 7) is 0.937. The van der Waals surface area contributed by atoms with Crippen LogP contribution in [0.4, 0.5) is 0 Å². The third kappa shape index (κ3) is 4.36. The van der Waals surface area contributed by atoms with Crippen LogP contribution in [0.25, 0.3) is 10.9 Å². The number of aromatic nitrogens is 1. The molecule has 1 fully saturated rings. The summed E-state index contributed by atoms with van der Waals surface area (Å²) in [5, 5.41) is 1.36. The van der Waals surface area contributed by atoms with Gasteiger partial charge in [-0.15, -0.1) is 0 Å². The Kier molecular flexibility index (Phi) is 6.09. The highest BCUT2D eigenvalue weighted by Gasteiger charge is 2.30. The molecule has 4 rings (SSSR count). The SMILES string of the molecule is COc1ccc(CN(Cc2cc3cc(OC)ccc3nc2Cl)C(=O)C2CCC2)cc1. The Hall–Kier alpha value is -2.79. The first-order valence-electron chi connectivity index (χ1n) is 10.1. The van der Waals surface area contributed by atoms with Crippen molar-refractivity contribution in [2.24, 2.45) is 5.92 Å². The molecular weight excluding hydrogens is 400 g/mol. The van der Waals surface area contributed by atoms with E-state index >= 15 is 0 Å². The molecule has 0 saturated heterocycles. The predicted molar refractivity (Wildman–Crippen MR) is 118 cm³/mol. The van der Waals surface area contributed by atoms with E-state index in [0.29, 0.717) is 18.2 Å². The Morgan fingerprint density at radius 2 is 1.73 bits per heavy atom. The zero-order valence-electron chi connectivity index (χ0n) is 17.2. The highest BCUT2D eigenvalue weighted by atomic mass is 35.5. The summed E-state index contributed by atoms with van der Waals surface area (Å²) < 4.78 is 10.6. The monoisotopic (exact) mass is 424 g/mol. The number of amides is 1. The fourth-order valence-corrected chi connectivity index (χ4v) is 3.90. The molecule has 1 amide bonds. The first-order valence-corrected chi connectivity index (χ1v) is 10.5. The summed E-state index contributed by atoms with van der Waals surface area (Å²) in [5.41, 5.74) is 2.69. The number of rotatable bonds is 7. The van der Waals surface area contributed by atoms with Gasteiger partial charge >= 0.3 is 0 Å². The van der Waals surface area contributed by atoms with Crippen molar-refractivity contribution in [3.05, 3.63) is 64.8 Å². The Bertz CT molecular complexity index is 1050. The van der Waals surface area contributed by atoms with Crippen LogP contribution in [-0.4, -0.2) is 30.0 Å². The number of fused-ring (bicyclic) bond motifs is 1. The van der Waals surface area contributed by atoms with Crippen molar-refractivity contribution in [2.45, 2.75) is 32.4 Å². The van der Waals surface area contributed by atoms with Gasteiger partial charge in [0.05, 0.1) is 19.7 Å². The Morgan fingerprint density at radius 3 is 2.37 bits per heavy atom. The molecule has 0 aliphatic heterocycles. The Morgan fingerprint density at radius 1 is 1.03 bits per heavy atom. The molecule has 1 saturated carbocycles. The number of carbonyl (C=O) groups excluding carboxylic acids is 1. The second-order valence-electron chi connectivity index (χ2n) is 7.67. The first-order chi connectivity index (χ1) is 14.6. The summed E-state index contributed by atoms with van der Waals surface area (Å²) in [6, 6.07) is 15.5. The minimum Gasteiger partial charge on any atom is -0.497 e. The standard InChI is InChI=1S/C24H25ClN2O3/c1-29-20-8-6-16(7-9-20)14-27(24(28)17-4-3-5-17)15-19-12-18-13-21(30-2)10-11-22(18)26-23(19)25/h6-13,17H,3-5,14-15H2,1-2H3. The number of methoxy groups -OCH3 is 2. The maximum absolute atomic E-state index is 13.2. The van der Waals surface area contributed by atoms with Crippen LogP contribution in [0.2, 0.25) is 5.15 Å². The second kappa shape index (κ2) is 8.92. The third-order valence-electron chi connectivity index (χ3n) is 5.71. The van der Waals surface area contributed by atoms with Gasteiger partial charge in [-0.3, -0.25) is 4.79 Å². The van der Waals surface area contributed by atoms with E-state index in [2.05, 4.69) is 4.98 Å². The maximum atomic E-state index is 13.2. The zero-order valence-corrected chi connectivity index (χ0v) is 18.0. The van der Waals surface area contributed by atoms with Crippen LogP contribution >= 0.6 is 11.6 Å². The smallest absolute Gasteiger partial charge is 0.226 e. The lowest BCUT2D eigenvalue weighted by atomic mass is 9.84. The molecule has 3 aromatic rings. The average molecular weight is 425 g/mol. The molecule has 6 heteroatoms. The largest absolute Gasteiger partial charge is 0.497 e. The molecule has 1 aliphatic rings. The molecule has 1 aliphatic carbocycles. The number of pyridine rings is 1. The van der Waals surface area contributed by atoms with Gasteiger partial charge in [-0.25, -0.2) is 4.98 Å². The minimum absolute atomic E-state index is 0.107. The molecule has 2 aromatic carbocycles. The van der Waals surface area contributed by atoms with Gasteiger partial charge in [0.1, 0.15) is 16.7 Å². The molecular formula is C24H25ClN2O3. The van der Waals surface area contributed by atoms with Gasteiger partial charge < -0.3 is 14.4 Å². The first kappa shape index (κ1) is 20.5. The van der Waals surface area contributed by atoms with Crippen LogP contribution < -0.4 is 9.47 Å². The molecule has 0 atom stereocenters. The van der Waals surface area contributed by atoms with E-state index in [9.17, 15) is 4.79 Å². The quantitative estimate of drug-likeness (QED) is 0.487. The van der Waals surface area contributed by atoms with Crippen molar-refractivity contribution >= 4 is 28.4 Å². The van der Waals surface area contributed by atoms with Crippen molar-refractivity contribution in [1.82, 2.24) is 9.88 Å². The minimum atomic E-state index is 0.107. The molecule has 0 bridgehead atoms. The number of hydrogen-bond acceptors (Lipinski definition) is 4. The summed E-state index contributed by atoms with van der Waals surface area (Å²) in [6.07, 6.45) is 3.03. The van der Waals surface area contributed by atoms with Gasteiger partial charge in [0.25, 0.3) is 0 Å². The van der Waals surface area contributed by atoms with E-state index < -0.39 is 0 Å². The summed E-state index contributed by atoms with van der Waals surface area (Å²) in [4.78, 5) is 19.6. The molecule has 5 nitrogen and oxygen atoms in total. The van der Waals surface area contributed by atoms with Crippen LogP contribution in [0.15, 0.2) is 48.5 Å². The number of halogens is 1. The van der Waals surface area contributed by atoms with Crippen molar-refractivity contribution in [3.8, 4) is 11.5 Å². The lowest BCUT2D eigenvalue weighted by molar-refractivity contribution is -0.139. The van der Waals surface area contributed by atoms with Gasteiger partial charge in [0.15, 0.2) is 0 Å². The highest BCUT2D eigenvalue weighted by Crippen LogP contribution is 2.31. The van der Waals surface area contributed by atoms with Gasteiger partial charge in [-0.05, 0) is 54.8 Å². The molecule has 1 aromatic heterocycles. The van der Waals surface area contributed by atoms with E-state index in [1.165, 1.54) is 0 Å². The molecule has 0 N–H and O–H groups in total. The van der Waals surface area contributed by atoms with E-state index in [1.54, 1.807) is 14.2 Å². The Labute approximate surface area is 181 Å². The fraction of sp³-hybridized carbons (Fsp3) is 0.333. The molecule has 0 unspecified atom stereocenters. The van der Waals surface area contributed by atoms with Crippen molar-refractivity contribution in [1.29, 1.82) is 0 Å². The average Bonchev–Trinajstić information content (AvgIpc) is 2.72. The topological polar surface area (TPSA) is 51.7 Å². The Balaban J connectivity index is 1.63.